The van der Waals surface area contributed by atoms with Gasteiger partial charge >= 0.3 is 12.2 Å². The second-order valence-electron chi connectivity index (χ2n) is 22.0. The molecule has 24 heteroatoms. The number of carbonyl (C=O) groups excluding carboxylic acids is 3. The highest BCUT2D eigenvalue weighted by atomic mass is 32.2. The van der Waals surface area contributed by atoms with Gasteiger partial charge in [-0.25, -0.2) is 26.4 Å². The Morgan fingerprint density at radius 3 is 1.45 bits per heavy atom. The molecular weight excluding hydrogens is 1110 g/mol. The lowest BCUT2D eigenvalue weighted by Gasteiger charge is -2.30. The van der Waals surface area contributed by atoms with E-state index in [-0.39, 0.29) is 78.9 Å². The van der Waals surface area contributed by atoms with Crippen LogP contribution in [0.4, 0.5) is 21.0 Å². The van der Waals surface area contributed by atoms with Crippen LogP contribution in [-0.4, -0.2) is 207 Å². The molecular formula is C59H88N8O14S2. The quantitative estimate of drug-likeness (QED) is 0.0295. The van der Waals surface area contributed by atoms with Crippen molar-refractivity contribution in [1.82, 2.24) is 29.0 Å². The van der Waals surface area contributed by atoms with Crippen molar-refractivity contribution in [2.45, 2.75) is 99.7 Å². The average molecular weight is 1200 g/mol. The van der Waals surface area contributed by atoms with E-state index in [1.54, 1.807) is 0 Å². The number of sulfonamides is 2. The fourth-order valence-corrected chi connectivity index (χ4v) is 12.2. The Hall–Kier alpha value is -5.77. The van der Waals surface area contributed by atoms with Gasteiger partial charge in [-0.05, 0) is 105 Å². The van der Waals surface area contributed by atoms with E-state index in [0.29, 0.717) is 70.2 Å². The fourth-order valence-electron chi connectivity index (χ4n) is 8.93. The monoisotopic (exact) mass is 1200 g/mol. The fraction of sp³-hybridized carbons (Fsp3) is 0.542. The molecule has 2 unspecified atom stereocenters. The summed E-state index contributed by atoms with van der Waals surface area (Å²) in [6.45, 7) is 11.9. The SMILES string of the molecule is CC(C)CN(CC(O)[C@H](Cc1ccccc1)NC(=O)OC1CCOC1)S(=O)(=O)c1ccc(NC(=O)COCCN(C)CCN(C)C)cc1.CC(C)CN(C[C@@H](O)[C@H](Cc1ccccc1)NC(=O)O[C@H]1CCOC1)S(=O)(=O)c1ccc(N)cc1. The van der Waals surface area contributed by atoms with E-state index in [1.165, 1.54) is 57.1 Å². The van der Waals surface area contributed by atoms with Crippen molar-refractivity contribution in [3.05, 3.63) is 120 Å². The summed E-state index contributed by atoms with van der Waals surface area (Å²) in [6, 6.07) is 28.9. The number of amides is 3. The average Bonchev–Trinajstić information content (AvgIpc) is 4.24. The topological polar surface area (TPSA) is 281 Å². The molecule has 0 radical (unpaired) electrons. The molecule has 22 nitrogen and oxygen atoms in total. The van der Waals surface area contributed by atoms with Gasteiger partial charge < -0.3 is 65.4 Å². The number of hydrogen-bond acceptors (Lipinski definition) is 17. The van der Waals surface area contributed by atoms with Gasteiger partial charge in [0.05, 0.1) is 67.1 Å². The molecule has 0 aliphatic carbocycles. The van der Waals surface area contributed by atoms with Crippen molar-refractivity contribution in [3.8, 4) is 0 Å². The Morgan fingerprint density at radius 1 is 0.614 bits per heavy atom. The molecule has 2 aliphatic rings. The maximum atomic E-state index is 13.9. The molecule has 83 heavy (non-hydrogen) atoms. The van der Waals surface area contributed by atoms with Gasteiger partial charge in [0, 0.05) is 70.0 Å². The first-order valence-electron chi connectivity index (χ1n) is 28.2. The maximum Gasteiger partial charge on any atom is 0.407 e. The van der Waals surface area contributed by atoms with Gasteiger partial charge in [-0.15, -0.1) is 0 Å². The predicted octanol–water partition coefficient (Wildman–Crippen LogP) is 4.67. The first kappa shape index (κ1) is 68.0. The summed E-state index contributed by atoms with van der Waals surface area (Å²) in [4.78, 5) is 42.1. The van der Waals surface area contributed by atoms with Gasteiger partial charge in [0.1, 0.15) is 18.8 Å². The molecule has 2 fully saturated rings. The van der Waals surface area contributed by atoms with Crippen LogP contribution in [0.3, 0.4) is 0 Å². The highest BCUT2D eigenvalue weighted by Gasteiger charge is 2.34. The normalized spacial score (nSPS) is 17.0. The summed E-state index contributed by atoms with van der Waals surface area (Å²) < 4.78 is 83.9. The van der Waals surface area contributed by atoms with Crippen LogP contribution in [0.15, 0.2) is 119 Å². The molecule has 2 aliphatic heterocycles. The number of aliphatic hydroxyl groups excluding tert-OH is 2. The number of nitrogens with one attached hydrogen (secondary N) is 3. The molecule has 0 spiro atoms. The number of alkyl carbamates (subject to hydrolysis) is 2. The zero-order valence-electron chi connectivity index (χ0n) is 49.0. The molecule has 2 heterocycles. The zero-order chi connectivity index (χ0) is 60.5. The van der Waals surface area contributed by atoms with Gasteiger partial charge in [0.2, 0.25) is 26.0 Å². The van der Waals surface area contributed by atoms with Crippen LogP contribution in [0.2, 0.25) is 0 Å². The number of nitrogens with zero attached hydrogens (tertiary/aromatic N) is 4. The molecule has 6 rings (SSSR count). The summed E-state index contributed by atoms with van der Waals surface area (Å²) in [7, 11) is -1.94. The summed E-state index contributed by atoms with van der Waals surface area (Å²) in [5.41, 5.74) is 8.35. The van der Waals surface area contributed by atoms with E-state index in [1.807, 2.05) is 110 Å². The summed E-state index contributed by atoms with van der Waals surface area (Å²) in [5.74, 6) is -0.383. The standard InChI is InChI=1S/C34H53N5O8S.C25H35N3O6S/c1-26(2)22-39(23-32(40)31(21-27-9-7-6-8-10-27)36-34(42)47-29-15-19-45-24-29)48(43,44)30-13-11-28(12-14-30)35-33(41)25-46-20-18-38(5)17-16-37(3)4;1-18(2)15-28(35(31,32)22-10-8-20(26)9-11-22)16-24(29)23(14-19-6-4-3-5-7-19)27-25(30)34-21-12-13-33-17-21/h6-14,26,29,31-32,40H,15-25H2,1-5H3,(H,35,41)(H,36,42);3-11,18,21,23-24,29H,12-17,26H2,1-2H3,(H,27,30)/t29?,31-,32?;21-,23-,24+/m00/s1. The van der Waals surface area contributed by atoms with Crippen molar-refractivity contribution in [3.63, 3.8) is 0 Å². The molecule has 2 saturated heterocycles. The summed E-state index contributed by atoms with van der Waals surface area (Å²) >= 11 is 0. The van der Waals surface area contributed by atoms with Gasteiger partial charge in [-0.3, -0.25) is 4.79 Å². The van der Waals surface area contributed by atoms with Crippen LogP contribution in [0.5, 0.6) is 0 Å². The number of hydrogen-bond donors (Lipinski definition) is 6. The van der Waals surface area contributed by atoms with Gasteiger partial charge in [-0.2, -0.15) is 8.61 Å². The lowest BCUT2D eigenvalue weighted by atomic mass is 10.0. The minimum absolute atomic E-state index is 0.0126. The lowest BCUT2D eigenvalue weighted by molar-refractivity contribution is -0.120. The number of carbonyl (C=O) groups is 3. The number of nitrogen functional groups attached to an aromatic ring is 1. The van der Waals surface area contributed by atoms with E-state index >= 15 is 0 Å². The first-order valence-corrected chi connectivity index (χ1v) is 31.1. The number of benzene rings is 4. The Kier molecular flexibility index (Phi) is 28.1. The number of aliphatic hydroxyl groups is 2. The van der Waals surface area contributed by atoms with Gasteiger partial charge in [0.25, 0.3) is 0 Å². The molecule has 0 bridgehead atoms. The van der Waals surface area contributed by atoms with Crippen LogP contribution in [-0.2, 0) is 61.4 Å². The van der Waals surface area contributed by atoms with E-state index in [9.17, 15) is 41.4 Å². The Morgan fingerprint density at radius 2 is 1.05 bits per heavy atom. The van der Waals surface area contributed by atoms with Crippen LogP contribution < -0.4 is 21.7 Å². The number of likely N-dealkylation sites (N-methyl/N-ethyl adjacent to an activating group) is 2. The van der Waals surface area contributed by atoms with Crippen LogP contribution >= 0.6 is 0 Å². The Bertz CT molecular complexity index is 2770. The first-order chi connectivity index (χ1) is 39.5. The Balaban J connectivity index is 0.000000319. The maximum absolute atomic E-state index is 13.9. The third kappa shape index (κ3) is 24.0. The highest BCUT2D eigenvalue weighted by molar-refractivity contribution is 7.89. The smallest absolute Gasteiger partial charge is 0.407 e. The molecule has 0 saturated carbocycles. The van der Waals surface area contributed by atoms with Crippen molar-refractivity contribution in [2.24, 2.45) is 11.8 Å². The third-order valence-corrected chi connectivity index (χ3v) is 17.1. The van der Waals surface area contributed by atoms with Crippen molar-refractivity contribution in [1.29, 1.82) is 0 Å². The summed E-state index contributed by atoms with van der Waals surface area (Å²) in [6.07, 6.45) is -2.75. The second kappa shape index (κ2) is 34.3. The van der Waals surface area contributed by atoms with Crippen molar-refractivity contribution >= 4 is 49.5 Å². The number of ether oxygens (including phenoxy) is 5. The van der Waals surface area contributed by atoms with E-state index in [2.05, 4.69) is 25.8 Å². The summed E-state index contributed by atoms with van der Waals surface area (Å²) in [5, 5.41) is 30.9. The minimum Gasteiger partial charge on any atom is -0.444 e. The Labute approximate surface area is 491 Å². The minimum atomic E-state index is -4.06. The van der Waals surface area contributed by atoms with E-state index < -0.39 is 56.5 Å². The van der Waals surface area contributed by atoms with E-state index in [4.69, 9.17) is 29.4 Å². The van der Waals surface area contributed by atoms with Gasteiger partial charge in [-0.1, -0.05) is 88.4 Å². The third-order valence-electron chi connectivity index (χ3n) is 13.4. The number of rotatable bonds is 31. The largest absolute Gasteiger partial charge is 0.444 e. The van der Waals surface area contributed by atoms with Crippen LogP contribution in [0, 0.1) is 11.8 Å². The number of anilines is 2. The molecule has 4 aromatic carbocycles. The number of nitrogens with two attached hydrogens (primary N) is 1. The molecule has 6 atom stereocenters. The van der Waals surface area contributed by atoms with Crippen LogP contribution in [0.25, 0.3) is 0 Å². The lowest BCUT2D eigenvalue weighted by Crippen LogP contribution is -2.51. The van der Waals surface area contributed by atoms with Gasteiger partial charge in [0.15, 0.2) is 0 Å². The molecule has 4 aromatic rings. The second-order valence-corrected chi connectivity index (χ2v) is 25.9. The predicted molar refractivity (Wildman–Crippen MR) is 318 cm³/mol. The van der Waals surface area contributed by atoms with Crippen LogP contribution in [0.1, 0.15) is 51.7 Å². The zero-order valence-corrected chi connectivity index (χ0v) is 50.6. The molecule has 460 valence electrons. The molecule has 3 amide bonds. The molecule has 7 N–H and O–H groups in total. The molecule has 0 aromatic heterocycles. The van der Waals surface area contributed by atoms with Crippen molar-refractivity contribution < 1.29 is 65.1 Å². The van der Waals surface area contributed by atoms with Crippen molar-refractivity contribution in [2.75, 3.05) is 118 Å². The van der Waals surface area contributed by atoms with E-state index in [0.717, 1.165) is 24.2 Å². The highest BCUT2D eigenvalue weighted by Crippen LogP contribution is 2.23.